The van der Waals surface area contributed by atoms with Gasteiger partial charge in [0.2, 0.25) is 0 Å². The van der Waals surface area contributed by atoms with Crippen molar-refractivity contribution >= 4 is 37.9 Å². The molecule has 0 heterocycles. The molecule has 6 heteroatoms. The first-order valence-corrected chi connectivity index (χ1v) is 6.98. The molecule has 1 aromatic carbocycles. The molecule has 86 valence electrons. The summed E-state index contributed by atoms with van der Waals surface area (Å²) >= 11 is 8.68. The minimum absolute atomic E-state index is 0. The molecular weight excluding hydrogens is 478 g/mol. The van der Waals surface area contributed by atoms with Crippen LogP contribution in [0.25, 0.3) is 6.08 Å². The molecule has 0 N–H and O–H groups in total. The van der Waals surface area contributed by atoms with Crippen LogP contribution in [-0.4, -0.2) is 0 Å². The van der Waals surface area contributed by atoms with Crippen molar-refractivity contribution in [2.75, 3.05) is 0 Å². The molecule has 0 saturated carbocycles. The van der Waals surface area contributed by atoms with E-state index in [1.807, 2.05) is 0 Å². The molecule has 0 aromatic heterocycles. The van der Waals surface area contributed by atoms with Gasteiger partial charge in [-0.25, -0.2) is 0 Å². The molecule has 0 bridgehead atoms. The van der Waals surface area contributed by atoms with Crippen molar-refractivity contribution in [3.63, 3.8) is 0 Å². The first-order valence-electron chi connectivity index (χ1n) is 3.98. The minimum atomic E-state index is 0. The van der Waals surface area contributed by atoms with Crippen molar-refractivity contribution in [1.29, 1.82) is 0 Å². The number of benzene rings is 1. The zero-order chi connectivity index (χ0) is 9.59. The summed E-state index contributed by atoms with van der Waals surface area (Å²) in [6.45, 7) is 2.21. The van der Waals surface area contributed by atoms with Gasteiger partial charge in [0, 0.05) is 0 Å². The Balaban J connectivity index is 0. The van der Waals surface area contributed by atoms with Crippen LogP contribution >= 0.6 is 31.9 Å². The maximum absolute atomic E-state index is 3.59. The summed E-state index contributed by atoms with van der Waals surface area (Å²) in [6, 6.07) is 4.34. The van der Waals surface area contributed by atoms with Crippen molar-refractivity contribution in [2.24, 2.45) is 0 Å². The van der Waals surface area contributed by atoms with Gasteiger partial charge in [0.15, 0.2) is 0 Å². The topological polar surface area (TPSA) is 0 Å². The Morgan fingerprint density at radius 3 is 2.25 bits per heavy atom. The molecule has 1 aromatic rings. The second kappa shape index (κ2) is 7.97. The Morgan fingerprint density at radius 1 is 1.12 bits per heavy atom. The fraction of sp³-hybridized carbons (Fsp3) is 0.200. The minimum Gasteiger partial charge on any atom is -1.00 e. The van der Waals surface area contributed by atoms with E-state index in [0.29, 0.717) is 3.63 Å². The zero-order valence-corrected chi connectivity index (χ0v) is 16.1. The number of hydrogen-bond acceptors (Lipinski definition) is 0. The average Bonchev–Trinajstić information content (AvgIpc) is 2.32. The first kappa shape index (κ1) is 20.0. The third-order valence-electron chi connectivity index (χ3n) is 2.26. The standard InChI is InChI=1S/C10H7Br2.3ClH.Zr/c1-6-2-7-4-8(11)5-10(12)9(7)3-6;;;;/h2-5H,1H3;3*1H;/q;;;;+3/p-3. The van der Waals surface area contributed by atoms with Gasteiger partial charge >= 0.3 is 111 Å². The monoisotopic (exact) mass is 480 g/mol. The summed E-state index contributed by atoms with van der Waals surface area (Å²) in [4.78, 5) is 0. The van der Waals surface area contributed by atoms with E-state index in [1.54, 1.807) is 24.7 Å². The number of rotatable bonds is 0. The fourth-order valence-corrected chi connectivity index (χ4v) is 3.72. The third kappa shape index (κ3) is 3.83. The molecule has 0 nitrogen and oxygen atoms in total. The number of halogens is 5. The van der Waals surface area contributed by atoms with E-state index in [2.05, 4.69) is 57.0 Å². The van der Waals surface area contributed by atoms with Crippen LogP contribution in [-0.2, 0) is 24.7 Å². The molecule has 1 aliphatic rings. The van der Waals surface area contributed by atoms with E-state index in [1.165, 1.54) is 21.2 Å². The zero-order valence-electron chi connectivity index (χ0n) is 8.20. The quantitative estimate of drug-likeness (QED) is 0.347. The Hall–Kier alpha value is 1.67. The van der Waals surface area contributed by atoms with E-state index >= 15 is 0 Å². The van der Waals surface area contributed by atoms with Crippen molar-refractivity contribution in [1.82, 2.24) is 0 Å². The van der Waals surface area contributed by atoms with Gasteiger partial charge < -0.3 is 37.2 Å². The molecule has 16 heavy (non-hydrogen) atoms. The van der Waals surface area contributed by atoms with Crippen LogP contribution in [0.3, 0.4) is 0 Å². The van der Waals surface area contributed by atoms with E-state index in [4.69, 9.17) is 0 Å². The molecule has 2 rings (SSSR count). The number of hydrogen-bond donors (Lipinski definition) is 0. The predicted octanol–water partition coefficient (Wildman–Crippen LogP) is -4.77. The number of allylic oxidation sites excluding steroid dienone is 1. The van der Waals surface area contributed by atoms with Crippen molar-refractivity contribution in [2.45, 2.75) is 10.5 Å². The molecule has 0 saturated heterocycles. The molecule has 1 unspecified atom stereocenters. The Labute approximate surface area is 146 Å². The van der Waals surface area contributed by atoms with E-state index in [-0.39, 0.29) is 37.2 Å². The van der Waals surface area contributed by atoms with Crippen molar-refractivity contribution in [3.8, 4) is 0 Å². The molecule has 1 aliphatic carbocycles. The Bertz CT molecular complexity index is 407. The van der Waals surface area contributed by atoms with Crippen LogP contribution in [0.1, 0.15) is 21.7 Å². The van der Waals surface area contributed by atoms with Gasteiger partial charge in [-0.05, 0) is 0 Å². The van der Waals surface area contributed by atoms with Gasteiger partial charge in [-0.2, -0.15) is 0 Å². The van der Waals surface area contributed by atoms with E-state index in [9.17, 15) is 0 Å². The van der Waals surface area contributed by atoms with Gasteiger partial charge in [-0.1, -0.05) is 0 Å². The van der Waals surface area contributed by atoms with E-state index < -0.39 is 0 Å². The summed E-state index contributed by atoms with van der Waals surface area (Å²) in [6.07, 6.45) is 2.28. The van der Waals surface area contributed by atoms with Crippen LogP contribution in [0.4, 0.5) is 0 Å². The normalized spacial score (nSPS) is 16.3. The van der Waals surface area contributed by atoms with Crippen LogP contribution in [0.5, 0.6) is 0 Å². The van der Waals surface area contributed by atoms with Crippen LogP contribution in [0.2, 0.25) is 0 Å². The van der Waals surface area contributed by atoms with Gasteiger partial charge in [-0.15, -0.1) is 0 Å². The SMILES string of the molecule is CC1=Cc2c(Br)cc(Br)cc2[CH]1[Zr+3].[Cl-].[Cl-].[Cl-]. The largest absolute Gasteiger partial charge is 1.00 e. The van der Waals surface area contributed by atoms with Gasteiger partial charge in [0.1, 0.15) is 0 Å². The van der Waals surface area contributed by atoms with Gasteiger partial charge in [-0.3, -0.25) is 0 Å². The molecule has 0 spiro atoms. The summed E-state index contributed by atoms with van der Waals surface area (Å²) < 4.78 is 3.01. The maximum atomic E-state index is 3.59. The second-order valence-electron chi connectivity index (χ2n) is 3.21. The van der Waals surface area contributed by atoms with Crippen LogP contribution in [0.15, 0.2) is 26.7 Å². The summed E-state index contributed by atoms with van der Waals surface area (Å²) in [7, 11) is 0. The molecule has 0 aliphatic heterocycles. The van der Waals surface area contributed by atoms with E-state index in [0.717, 1.165) is 4.47 Å². The van der Waals surface area contributed by atoms with Crippen molar-refractivity contribution in [3.05, 3.63) is 37.8 Å². The maximum Gasteiger partial charge on any atom is -1.00 e. The molecule has 0 radical (unpaired) electrons. The summed E-state index contributed by atoms with van der Waals surface area (Å²) in [5.74, 6) is 0. The number of fused-ring (bicyclic) bond motifs is 1. The average molecular weight is 485 g/mol. The second-order valence-corrected chi connectivity index (χ2v) is 6.40. The predicted molar refractivity (Wildman–Crippen MR) is 58.2 cm³/mol. The molecule has 0 fully saturated rings. The fourth-order valence-electron chi connectivity index (χ4n) is 1.55. The van der Waals surface area contributed by atoms with Gasteiger partial charge in [0.25, 0.3) is 0 Å². The first-order chi connectivity index (χ1) is 6.09. The van der Waals surface area contributed by atoms with Crippen LogP contribution in [0, 0.1) is 0 Å². The summed E-state index contributed by atoms with van der Waals surface area (Å²) in [5, 5.41) is 0. The Morgan fingerprint density at radius 2 is 1.69 bits per heavy atom. The molecule has 1 atom stereocenters. The van der Waals surface area contributed by atoms with Gasteiger partial charge in [0.05, 0.1) is 0 Å². The third-order valence-corrected chi connectivity index (χ3v) is 5.26. The van der Waals surface area contributed by atoms with Crippen LogP contribution < -0.4 is 37.2 Å². The van der Waals surface area contributed by atoms with Crippen molar-refractivity contribution < 1.29 is 61.9 Å². The molecule has 0 amide bonds. The molecular formula is C10H7Br2Cl3Zr. The smallest absolute Gasteiger partial charge is 1.00 e. The summed E-state index contributed by atoms with van der Waals surface area (Å²) in [5.41, 5.74) is 4.30. The Kier molecular flexibility index (Phi) is 9.96.